The average molecular weight is 299 g/mol. The van der Waals surface area contributed by atoms with Gasteiger partial charge in [0.25, 0.3) is 0 Å². The van der Waals surface area contributed by atoms with Crippen LogP contribution in [0.25, 0.3) is 21.5 Å². The van der Waals surface area contributed by atoms with Crippen LogP contribution >= 0.6 is 7.65 Å². The fourth-order valence-corrected chi connectivity index (χ4v) is 4.02. The molecule has 2 nitrogen and oxygen atoms in total. The fourth-order valence-electron chi connectivity index (χ4n) is 2.94. The first-order valence-electron chi connectivity index (χ1n) is 7.65. The average Bonchev–Trinajstić information content (AvgIpc) is 2.49. The van der Waals surface area contributed by atoms with Gasteiger partial charge in [-0.25, -0.2) is 4.20 Å². The highest BCUT2D eigenvalue weighted by Crippen LogP contribution is 2.37. The monoisotopic (exact) mass is 299 g/mol. The Morgan fingerprint density at radius 1 is 1.00 bits per heavy atom. The summed E-state index contributed by atoms with van der Waals surface area (Å²) in [7, 11) is -1.79. The van der Waals surface area contributed by atoms with Crippen molar-refractivity contribution in [2.45, 2.75) is 39.5 Å². The van der Waals surface area contributed by atoms with E-state index in [9.17, 15) is 4.57 Å². The molecule has 0 saturated carbocycles. The van der Waals surface area contributed by atoms with Gasteiger partial charge in [-0.2, -0.15) is 0 Å². The molecular formula is C18H20O2P+. The molecule has 0 radical (unpaired) electrons. The van der Waals surface area contributed by atoms with Crippen LogP contribution in [-0.4, -0.2) is 0 Å². The Labute approximate surface area is 125 Å². The Morgan fingerprint density at radius 2 is 1.76 bits per heavy atom. The standard InChI is InChI=1S/C18H20O2P/c1-3-7-13-11-14(8-4-2)18-16(12-13)15-9-5-6-10-17(15)21(19)20-18/h5-6,9-12H,3-4,7-8H2,1-2H3/q+1. The quantitative estimate of drug-likeness (QED) is 0.534. The summed E-state index contributed by atoms with van der Waals surface area (Å²) in [6.45, 7) is 4.36. The van der Waals surface area contributed by atoms with E-state index in [2.05, 4.69) is 32.0 Å². The first kappa shape index (κ1) is 14.3. The number of hydrogen-bond acceptors (Lipinski definition) is 2. The Bertz CT molecular complexity index is 849. The lowest BCUT2D eigenvalue weighted by molar-refractivity contribution is 0.562. The van der Waals surface area contributed by atoms with Gasteiger partial charge in [-0.05, 0) is 41.2 Å². The molecule has 108 valence electrons. The minimum atomic E-state index is -1.79. The van der Waals surface area contributed by atoms with Crippen molar-refractivity contribution < 1.29 is 8.76 Å². The van der Waals surface area contributed by atoms with Gasteiger partial charge in [0.1, 0.15) is 0 Å². The van der Waals surface area contributed by atoms with Crippen LogP contribution in [0.3, 0.4) is 0 Å². The molecule has 0 saturated heterocycles. The third-order valence-electron chi connectivity index (χ3n) is 3.85. The molecule has 0 aliphatic heterocycles. The van der Waals surface area contributed by atoms with Gasteiger partial charge in [-0.3, -0.25) is 0 Å². The largest absolute Gasteiger partial charge is 0.597 e. The SMILES string of the molecule is CCCc1cc(CCC)c2o[p+](=O)c3ccccc3c2c1. The first-order chi connectivity index (χ1) is 10.2. The molecule has 0 N–H and O–H groups in total. The van der Waals surface area contributed by atoms with Crippen LogP contribution in [-0.2, 0) is 17.4 Å². The third-order valence-corrected chi connectivity index (χ3v) is 4.98. The zero-order chi connectivity index (χ0) is 14.8. The maximum atomic E-state index is 12.3. The van der Waals surface area contributed by atoms with Crippen LogP contribution in [0, 0.1) is 0 Å². The molecule has 1 aromatic heterocycles. The van der Waals surface area contributed by atoms with Crippen molar-refractivity contribution in [3.05, 3.63) is 47.5 Å². The van der Waals surface area contributed by atoms with Crippen molar-refractivity contribution in [2.75, 3.05) is 0 Å². The van der Waals surface area contributed by atoms with Crippen LogP contribution in [0.4, 0.5) is 0 Å². The van der Waals surface area contributed by atoms with E-state index in [1.165, 1.54) is 11.1 Å². The Kier molecular flexibility index (Phi) is 4.07. The molecular weight excluding hydrogens is 279 g/mol. The van der Waals surface area contributed by atoms with E-state index in [0.717, 1.165) is 47.2 Å². The normalized spacial score (nSPS) is 12.2. The Balaban J connectivity index is 2.42. The van der Waals surface area contributed by atoms with Crippen molar-refractivity contribution in [1.82, 2.24) is 0 Å². The summed E-state index contributed by atoms with van der Waals surface area (Å²) in [6.07, 6.45) is 4.22. The zero-order valence-corrected chi connectivity index (χ0v) is 13.5. The van der Waals surface area contributed by atoms with Crippen molar-refractivity contribution in [3.63, 3.8) is 0 Å². The smallest absolute Gasteiger partial charge is 0.249 e. The number of fused-ring (bicyclic) bond motifs is 3. The van der Waals surface area contributed by atoms with Crippen LogP contribution in [0.15, 0.2) is 40.6 Å². The Hall–Kier alpha value is -1.66. The van der Waals surface area contributed by atoms with Crippen LogP contribution in [0.1, 0.15) is 37.8 Å². The van der Waals surface area contributed by atoms with Crippen molar-refractivity contribution in [3.8, 4) is 0 Å². The molecule has 3 heteroatoms. The highest BCUT2D eigenvalue weighted by molar-refractivity contribution is 7.37. The summed E-state index contributed by atoms with van der Waals surface area (Å²) in [5.41, 5.74) is 3.36. The number of benzene rings is 2. The van der Waals surface area contributed by atoms with Gasteiger partial charge in [0.2, 0.25) is 5.12 Å². The van der Waals surface area contributed by atoms with Gasteiger partial charge in [0.05, 0.1) is 0 Å². The maximum absolute atomic E-state index is 12.3. The minimum absolute atomic E-state index is 0.816. The molecule has 0 bridgehead atoms. The second-order valence-corrected chi connectivity index (χ2v) is 6.68. The molecule has 1 atom stereocenters. The van der Waals surface area contributed by atoms with E-state index in [1.54, 1.807) is 0 Å². The van der Waals surface area contributed by atoms with Gasteiger partial charge in [0, 0.05) is 16.3 Å². The second kappa shape index (κ2) is 5.99. The summed E-state index contributed by atoms with van der Waals surface area (Å²) in [6, 6.07) is 12.3. The lowest BCUT2D eigenvalue weighted by atomic mass is 9.99. The van der Waals surface area contributed by atoms with Gasteiger partial charge in [-0.15, -0.1) is 0 Å². The summed E-state index contributed by atoms with van der Waals surface area (Å²) in [5, 5.41) is 2.99. The van der Waals surface area contributed by atoms with Crippen molar-refractivity contribution >= 4 is 29.1 Å². The van der Waals surface area contributed by atoms with Gasteiger partial charge in [0.15, 0.2) is 5.58 Å². The van der Waals surface area contributed by atoms with E-state index in [1.807, 2.05) is 18.2 Å². The molecule has 21 heavy (non-hydrogen) atoms. The van der Waals surface area contributed by atoms with E-state index >= 15 is 0 Å². The zero-order valence-electron chi connectivity index (χ0n) is 12.6. The fraction of sp³-hybridized carbons (Fsp3) is 0.333. The van der Waals surface area contributed by atoms with Crippen LogP contribution in [0.5, 0.6) is 0 Å². The van der Waals surface area contributed by atoms with Crippen molar-refractivity contribution in [2.24, 2.45) is 0 Å². The summed E-state index contributed by atoms with van der Waals surface area (Å²) >= 11 is 0. The minimum Gasteiger partial charge on any atom is -0.249 e. The number of aryl methyl sites for hydroxylation is 2. The predicted octanol–water partition coefficient (Wildman–Crippen LogP) is 6.23. The molecule has 0 spiro atoms. The summed E-state index contributed by atoms with van der Waals surface area (Å²) < 4.78 is 18.1. The van der Waals surface area contributed by atoms with Gasteiger partial charge >= 0.3 is 7.65 Å². The first-order valence-corrected chi connectivity index (χ1v) is 8.82. The maximum Gasteiger partial charge on any atom is 0.597 e. The van der Waals surface area contributed by atoms with Crippen molar-refractivity contribution in [1.29, 1.82) is 0 Å². The van der Waals surface area contributed by atoms with Gasteiger partial charge in [-0.1, -0.05) is 44.9 Å². The molecule has 0 aliphatic rings. The van der Waals surface area contributed by atoms with E-state index in [0.29, 0.717) is 0 Å². The number of rotatable bonds is 4. The van der Waals surface area contributed by atoms with Gasteiger partial charge < -0.3 is 0 Å². The second-order valence-electron chi connectivity index (χ2n) is 5.50. The molecule has 0 fully saturated rings. The molecule has 3 rings (SSSR count). The van der Waals surface area contributed by atoms with E-state index < -0.39 is 7.65 Å². The van der Waals surface area contributed by atoms with Crippen LogP contribution < -0.4 is 0 Å². The molecule has 3 aromatic rings. The molecule has 0 aliphatic carbocycles. The number of hydrogen-bond donors (Lipinski definition) is 0. The summed E-state index contributed by atoms with van der Waals surface area (Å²) in [5.74, 6) is 0. The lowest BCUT2D eigenvalue weighted by Gasteiger charge is -2.07. The molecule has 1 unspecified atom stereocenters. The van der Waals surface area contributed by atoms with Crippen LogP contribution in [0.2, 0.25) is 0 Å². The molecule has 2 aromatic carbocycles. The molecule has 0 amide bonds. The Morgan fingerprint density at radius 3 is 2.52 bits per heavy atom. The lowest BCUT2D eigenvalue weighted by Crippen LogP contribution is -1.91. The topological polar surface area (TPSA) is 30.2 Å². The summed E-state index contributed by atoms with van der Waals surface area (Å²) in [4.78, 5) is 0. The highest BCUT2D eigenvalue weighted by Gasteiger charge is 2.18. The third kappa shape index (κ3) is 2.61. The molecule has 1 heterocycles. The predicted molar refractivity (Wildman–Crippen MR) is 89.3 cm³/mol. The van der Waals surface area contributed by atoms with E-state index in [4.69, 9.17) is 4.20 Å². The van der Waals surface area contributed by atoms with E-state index in [-0.39, 0.29) is 0 Å². The highest BCUT2D eigenvalue weighted by atomic mass is 31.1.